The van der Waals surface area contributed by atoms with Crippen molar-refractivity contribution in [1.82, 2.24) is 14.8 Å². The highest BCUT2D eigenvalue weighted by atomic mass is 16.2. The molecule has 0 bridgehead atoms. The maximum atomic E-state index is 13.1. The fourth-order valence-electron chi connectivity index (χ4n) is 4.25. The van der Waals surface area contributed by atoms with Crippen molar-refractivity contribution in [3.05, 3.63) is 71.4 Å². The van der Waals surface area contributed by atoms with Crippen LogP contribution >= 0.6 is 0 Å². The molecular weight excluding hydrogens is 374 g/mol. The van der Waals surface area contributed by atoms with E-state index in [1.807, 2.05) is 36.1 Å². The summed E-state index contributed by atoms with van der Waals surface area (Å²) in [4.78, 5) is 32.5. The van der Waals surface area contributed by atoms with Gasteiger partial charge < -0.3 is 14.8 Å². The third-order valence-electron chi connectivity index (χ3n) is 6.25. The van der Waals surface area contributed by atoms with Gasteiger partial charge in [-0.15, -0.1) is 0 Å². The molecule has 1 N–H and O–H groups in total. The van der Waals surface area contributed by atoms with E-state index in [4.69, 9.17) is 0 Å². The number of hydrogen-bond acceptors (Lipinski definition) is 2. The zero-order valence-electron chi connectivity index (χ0n) is 17.7. The first-order valence-corrected chi connectivity index (χ1v) is 10.8. The third kappa shape index (κ3) is 4.11. The molecule has 1 aromatic heterocycles. The summed E-state index contributed by atoms with van der Waals surface area (Å²) in [5, 5.41) is 0.810. The minimum atomic E-state index is -0.0323. The van der Waals surface area contributed by atoms with Crippen LogP contribution in [0.4, 0.5) is 0 Å². The van der Waals surface area contributed by atoms with E-state index in [0.717, 1.165) is 43.3 Å². The van der Waals surface area contributed by atoms with Crippen molar-refractivity contribution in [1.29, 1.82) is 0 Å². The molecular formula is C25H29N3O2. The van der Waals surface area contributed by atoms with Gasteiger partial charge in [0.2, 0.25) is 0 Å². The van der Waals surface area contributed by atoms with Gasteiger partial charge in [0.25, 0.3) is 11.8 Å². The van der Waals surface area contributed by atoms with E-state index in [-0.39, 0.29) is 11.8 Å². The van der Waals surface area contributed by atoms with Crippen LogP contribution in [0.2, 0.25) is 0 Å². The highest BCUT2D eigenvalue weighted by Crippen LogP contribution is 2.25. The minimum absolute atomic E-state index is 0.0323. The highest BCUT2D eigenvalue weighted by Gasteiger charge is 2.24. The minimum Gasteiger partial charge on any atom is -0.360 e. The second kappa shape index (κ2) is 8.74. The predicted molar refractivity (Wildman–Crippen MR) is 120 cm³/mol. The number of nitrogens with zero attached hydrogens (tertiary/aromatic N) is 2. The van der Waals surface area contributed by atoms with Crippen molar-refractivity contribution in [2.24, 2.45) is 5.92 Å². The van der Waals surface area contributed by atoms with Crippen molar-refractivity contribution in [3.63, 3.8) is 0 Å². The quantitative estimate of drug-likeness (QED) is 0.688. The van der Waals surface area contributed by atoms with Crippen LogP contribution in [0.25, 0.3) is 10.9 Å². The van der Waals surface area contributed by atoms with E-state index in [9.17, 15) is 9.59 Å². The molecule has 0 atom stereocenters. The molecule has 156 valence electrons. The number of amides is 2. The van der Waals surface area contributed by atoms with E-state index in [1.54, 1.807) is 18.1 Å². The lowest BCUT2D eigenvalue weighted by Gasteiger charge is -2.32. The van der Waals surface area contributed by atoms with Gasteiger partial charge in [-0.25, -0.2) is 0 Å². The van der Waals surface area contributed by atoms with Crippen LogP contribution in [0.1, 0.15) is 46.0 Å². The Kier molecular flexibility index (Phi) is 5.88. The van der Waals surface area contributed by atoms with E-state index in [2.05, 4.69) is 29.2 Å². The number of piperidine rings is 1. The number of aromatic amines is 1. The molecule has 1 aliphatic heterocycles. The molecule has 1 aliphatic rings. The lowest BCUT2D eigenvalue weighted by molar-refractivity contribution is 0.0690. The monoisotopic (exact) mass is 403 g/mol. The molecule has 5 nitrogen and oxygen atoms in total. The maximum absolute atomic E-state index is 13.1. The van der Waals surface area contributed by atoms with Crippen molar-refractivity contribution < 1.29 is 9.59 Å². The van der Waals surface area contributed by atoms with Crippen molar-refractivity contribution in [3.8, 4) is 0 Å². The Balaban J connectivity index is 1.45. The number of rotatable bonds is 5. The van der Waals surface area contributed by atoms with Gasteiger partial charge in [-0.05, 0) is 55.9 Å². The van der Waals surface area contributed by atoms with Gasteiger partial charge in [-0.1, -0.05) is 30.3 Å². The first kappa shape index (κ1) is 20.2. The molecule has 2 amide bonds. The lowest BCUT2D eigenvalue weighted by Crippen LogP contribution is -2.38. The standard InChI is InChI=1S/C25H29N3O2/c1-3-27(2)25(30)22-17-26-23-10-9-20(16-21(22)23)24(29)28-13-11-19(12-14-28)15-18-7-5-4-6-8-18/h4-10,16-17,19,26H,3,11-15H2,1-2H3. The normalized spacial score (nSPS) is 14.8. The Bertz CT molecular complexity index is 1030. The second-order valence-electron chi connectivity index (χ2n) is 8.21. The molecule has 30 heavy (non-hydrogen) atoms. The summed E-state index contributed by atoms with van der Waals surface area (Å²) in [6, 6.07) is 16.2. The van der Waals surface area contributed by atoms with Gasteiger partial charge in [-0.3, -0.25) is 9.59 Å². The van der Waals surface area contributed by atoms with Gasteiger partial charge in [0.1, 0.15) is 0 Å². The van der Waals surface area contributed by atoms with Gasteiger partial charge in [0.05, 0.1) is 5.56 Å². The van der Waals surface area contributed by atoms with Gasteiger partial charge >= 0.3 is 0 Å². The lowest BCUT2D eigenvalue weighted by atomic mass is 9.90. The Morgan fingerprint density at radius 1 is 1.10 bits per heavy atom. The predicted octanol–water partition coefficient (Wildman–Crippen LogP) is 4.35. The summed E-state index contributed by atoms with van der Waals surface area (Å²) in [6.07, 6.45) is 4.87. The Hall–Kier alpha value is -3.08. The number of likely N-dealkylation sites (tertiary alicyclic amines) is 1. The number of nitrogens with one attached hydrogen (secondary N) is 1. The molecule has 4 rings (SSSR count). The van der Waals surface area contributed by atoms with Crippen LogP contribution in [0.15, 0.2) is 54.7 Å². The number of hydrogen-bond donors (Lipinski definition) is 1. The average molecular weight is 404 g/mol. The highest BCUT2D eigenvalue weighted by molar-refractivity contribution is 6.08. The van der Waals surface area contributed by atoms with Crippen LogP contribution < -0.4 is 0 Å². The summed E-state index contributed by atoms with van der Waals surface area (Å²) in [6.45, 7) is 4.16. The second-order valence-corrected chi connectivity index (χ2v) is 8.21. The van der Waals surface area contributed by atoms with Crippen LogP contribution in [-0.2, 0) is 6.42 Å². The number of benzene rings is 2. The number of carbonyl (C=O) groups is 2. The Labute approximate surface area is 177 Å². The molecule has 1 fully saturated rings. The molecule has 0 aliphatic carbocycles. The fraction of sp³-hybridized carbons (Fsp3) is 0.360. The maximum Gasteiger partial charge on any atom is 0.255 e. The molecule has 0 unspecified atom stereocenters. The first-order valence-electron chi connectivity index (χ1n) is 10.8. The first-order chi connectivity index (χ1) is 14.6. The van der Waals surface area contributed by atoms with Gasteiger partial charge in [-0.2, -0.15) is 0 Å². The van der Waals surface area contributed by atoms with Crippen molar-refractivity contribution in [2.45, 2.75) is 26.2 Å². The Morgan fingerprint density at radius 2 is 1.83 bits per heavy atom. The molecule has 0 saturated carbocycles. The zero-order chi connectivity index (χ0) is 21.1. The molecule has 0 radical (unpaired) electrons. The van der Waals surface area contributed by atoms with E-state index >= 15 is 0 Å². The third-order valence-corrected chi connectivity index (χ3v) is 6.25. The molecule has 2 heterocycles. The van der Waals surface area contributed by atoms with E-state index in [0.29, 0.717) is 23.6 Å². The summed E-state index contributed by atoms with van der Waals surface area (Å²) in [5.74, 6) is 0.644. The molecule has 1 saturated heterocycles. The number of fused-ring (bicyclic) bond motifs is 1. The number of aromatic nitrogens is 1. The van der Waals surface area contributed by atoms with Crippen LogP contribution in [0.5, 0.6) is 0 Å². The van der Waals surface area contributed by atoms with Gasteiger partial charge in [0, 0.05) is 49.3 Å². The van der Waals surface area contributed by atoms with E-state index in [1.165, 1.54) is 5.56 Å². The molecule has 5 heteroatoms. The summed E-state index contributed by atoms with van der Waals surface area (Å²) in [5.41, 5.74) is 3.51. The fourth-order valence-corrected chi connectivity index (χ4v) is 4.25. The summed E-state index contributed by atoms with van der Waals surface area (Å²) in [7, 11) is 1.79. The Morgan fingerprint density at radius 3 is 2.53 bits per heavy atom. The SMILES string of the molecule is CCN(C)C(=O)c1c[nH]c2ccc(C(=O)N3CCC(Cc4ccccc4)CC3)cc12. The summed E-state index contributed by atoms with van der Waals surface area (Å²) >= 11 is 0. The molecule has 2 aromatic carbocycles. The smallest absolute Gasteiger partial charge is 0.255 e. The topological polar surface area (TPSA) is 56.4 Å². The molecule has 0 spiro atoms. The zero-order valence-corrected chi connectivity index (χ0v) is 17.7. The number of H-pyrrole nitrogens is 1. The van der Waals surface area contributed by atoms with Crippen LogP contribution in [-0.4, -0.2) is 53.3 Å². The van der Waals surface area contributed by atoms with Crippen LogP contribution in [0, 0.1) is 5.92 Å². The summed E-state index contributed by atoms with van der Waals surface area (Å²) < 4.78 is 0. The average Bonchev–Trinajstić information content (AvgIpc) is 3.22. The van der Waals surface area contributed by atoms with Crippen LogP contribution in [0.3, 0.4) is 0 Å². The van der Waals surface area contributed by atoms with Crippen molar-refractivity contribution in [2.75, 3.05) is 26.7 Å². The van der Waals surface area contributed by atoms with Crippen molar-refractivity contribution >= 4 is 22.7 Å². The largest absolute Gasteiger partial charge is 0.360 e. The van der Waals surface area contributed by atoms with Gasteiger partial charge in [0.15, 0.2) is 0 Å². The van der Waals surface area contributed by atoms with E-state index < -0.39 is 0 Å². The molecule has 3 aromatic rings. The number of carbonyl (C=O) groups excluding carboxylic acids is 2.